The lowest BCUT2D eigenvalue weighted by Crippen LogP contribution is -2.46. The van der Waals surface area contributed by atoms with Crippen molar-refractivity contribution >= 4 is 17.7 Å². The van der Waals surface area contributed by atoms with Gasteiger partial charge in [0.15, 0.2) is 5.78 Å². The zero-order valence-corrected chi connectivity index (χ0v) is 22.2. The molecule has 0 spiro atoms. The van der Waals surface area contributed by atoms with Gasteiger partial charge in [0.25, 0.3) is 0 Å². The third-order valence-corrected chi connectivity index (χ3v) is 7.99. The maximum Gasteiger partial charge on any atom is 0.305 e. The fourth-order valence-corrected chi connectivity index (χ4v) is 5.73. The number of ketones is 1. The predicted octanol–water partition coefficient (Wildman–Crippen LogP) is 5.24. The molecule has 2 unspecified atom stereocenters. The third-order valence-electron chi connectivity index (χ3n) is 7.99. The van der Waals surface area contributed by atoms with E-state index in [0.29, 0.717) is 18.8 Å². The number of rotatable bonds is 10. The van der Waals surface area contributed by atoms with Gasteiger partial charge in [0.1, 0.15) is 0 Å². The molecular formula is C28H44N2O4. The van der Waals surface area contributed by atoms with Crippen LogP contribution in [0.2, 0.25) is 0 Å². The van der Waals surface area contributed by atoms with Gasteiger partial charge in [-0.15, -0.1) is 0 Å². The second-order valence-electron chi connectivity index (χ2n) is 11.0. The van der Waals surface area contributed by atoms with Crippen LogP contribution in [0, 0.1) is 24.2 Å². The van der Waals surface area contributed by atoms with Crippen molar-refractivity contribution in [1.29, 1.82) is 0 Å². The highest BCUT2D eigenvalue weighted by Gasteiger charge is 2.44. The molecule has 0 saturated carbocycles. The minimum atomic E-state index is -0.697. The van der Waals surface area contributed by atoms with Gasteiger partial charge < -0.3 is 9.64 Å². The molecule has 0 amide bonds. The summed E-state index contributed by atoms with van der Waals surface area (Å²) in [7, 11) is 2.08. The van der Waals surface area contributed by atoms with Crippen molar-refractivity contribution in [2.24, 2.45) is 17.3 Å². The van der Waals surface area contributed by atoms with Gasteiger partial charge in [-0.2, -0.15) is 0 Å². The van der Waals surface area contributed by atoms with Crippen LogP contribution in [0.1, 0.15) is 105 Å². The molecule has 34 heavy (non-hydrogen) atoms. The van der Waals surface area contributed by atoms with Crippen LogP contribution in [0.3, 0.4) is 0 Å². The number of Topliss-reactive ketones (excluding diaryl/α,β-unsaturated/α-hetero) is 1. The monoisotopic (exact) mass is 472 g/mol. The van der Waals surface area contributed by atoms with Crippen LogP contribution in [-0.2, 0) is 22.4 Å². The van der Waals surface area contributed by atoms with Gasteiger partial charge in [-0.1, -0.05) is 47.0 Å². The minimum Gasteiger partial charge on any atom is -0.466 e. The smallest absolute Gasteiger partial charge is 0.305 e. The van der Waals surface area contributed by atoms with Crippen LogP contribution >= 0.6 is 0 Å². The molecule has 1 fully saturated rings. The van der Waals surface area contributed by atoms with E-state index in [1.807, 2.05) is 25.3 Å². The van der Waals surface area contributed by atoms with Crippen molar-refractivity contribution in [1.82, 2.24) is 9.47 Å². The van der Waals surface area contributed by atoms with Crippen LogP contribution < -0.4 is 0 Å². The van der Waals surface area contributed by atoms with Crippen molar-refractivity contribution in [2.75, 3.05) is 26.7 Å². The molecule has 2 heterocycles. The number of hydrogen-bond donors (Lipinski definition) is 0. The van der Waals surface area contributed by atoms with E-state index < -0.39 is 5.41 Å². The maximum absolute atomic E-state index is 13.8. The molecule has 0 aromatic carbocycles. The third kappa shape index (κ3) is 5.48. The maximum atomic E-state index is 13.8. The highest BCUT2D eigenvalue weighted by atomic mass is 16.5. The number of carbonyl (C=O) groups excluding carboxylic acids is 3. The molecule has 3 rings (SSSR count). The van der Waals surface area contributed by atoms with E-state index in [-0.39, 0.29) is 30.2 Å². The number of likely N-dealkylation sites (tertiary alicyclic amines) is 1. The molecule has 1 aliphatic heterocycles. The van der Waals surface area contributed by atoms with E-state index in [9.17, 15) is 14.4 Å². The molecule has 0 radical (unpaired) electrons. The quantitative estimate of drug-likeness (QED) is 0.344. The summed E-state index contributed by atoms with van der Waals surface area (Å²) >= 11 is 0. The standard InChI is InChI=1S/C28H44N2O4/c1-7-9-10-11-12-24(31)34-16-14-28(4,5)27(33)30-19(3)21(8-2)25-23(30)17-20-13-15-29(6)18-22(20)26(25)32/h20,22H,7-18H2,1-6H3. The van der Waals surface area contributed by atoms with Crippen molar-refractivity contribution in [2.45, 2.75) is 92.4 Å². The number of ether oxygens (including phenoxy) is 1. The number of esters is 1. The Balaban J connectivity index is 1.75. The normalized spacial score (nSPS) is 20.7. The topological polar surface area (TPSA) is 68.6 Å². The molecule has 2 atom stereocenters. The van der Waals surface area contributed by atoms with Gasteiger partial charge >= 0.3 is 5.97 Å². The van der Waals surface area contributed by atoms with Gasteiger partial charge in [0.05, 0.1) is 6.61 Å². The molecule has 0 N–H and O–H groups in total. The van der Waals surface area contributed by atoms with E-state index >= 15 is 0 Å². The lowest BCUT2D eigenvalue weighted by Gasteiger charge is -2.39. The van der Waals surface area contributed by atoms with Crippen LogP contribution in [0.5, 0.6) is 0 Å². The highest BCUT2D eigenvalue weighted by Crippen LogP contribution is 2.40. The summed E-state index contributed by atoms with van der Waals surface area (Å²) in [6, 6.07) is 0. The molecule has 6 heteroatoms. The molecule has 1 aromatic rings. The molecule has 190 valence electrons. The fourth-order valence-electron chi connectivity index (χ4n) is 5.73. The zero-order valence-electron chi connectivity index (χ0n) is 22.2. The largest absolute Gasteiger partial charge is 0.466 e. The number of hydrogen-bond acceptors (Lipinski definition) is 5. The second kappa shape index (κ2) is 11.2. The van der Waals surface area contributed by atoms with Gasteiger partial charge in [-0.25, -0.2) is 0 Å². The summed E-state index contributed by atoms with van der Waals surface area (Å²) in [5.74, 6) is 0.379. The van der Waals surface area contributed by atoms with Crippen molar-refractivity contribution in [3.05, 3.63) is 22.5 Å². The van der Waals surface area contributed by atoms with E-state index in [1.165, 1.54) is 0 Å². The number of nitrogens with zero attached hydrogens (tertiary/aromatic N) is 2. The number of unbranched alkanes of at least 4 members (excludes halogenated alkanes) is 3. The van der Waals surface area contributed by atoms with E-state index in [4.69, 9.17) is 4.74 Å². The Morgan fingerprint density at radius 3 is 2.56 bits per heavy atom. The Kier molecular flexibility index (Phi) is 8.77. The predicted molar refractivity (Wildman–Crippen MR) is 134 cm³/mol. The SMILES string of the molecule is CCCCCCC(=O)OCCC(C)(C)C(=O)n1c(C)c(CC)c2c1CC1CCN(C)CC1C2=O. The van der Waals surface area contributed by atoms with E-state index in [0.717, 1.165) is 80.6 Å². The minimum absolute atomic E-state index is 0.000813. The Hall–Kier alpha value is -1.95. The first kappa shape index (κ1) is 26.7. The first-order valence-electron chi connectivity index (χ1n) is 13.3. The summed E-state index contributed by atoms with van der Waals surface area (Å²) in [6.07, 6.45) is 7.60. The van der Waals surface area contributed by atoms with Crippen molar-refractivity contribution in [3.8, 4) is 0 Å². The van der Waals surface area contributed by atoms with Crippen LogP contribution in [0.15, 0.2) is 0 Å². The Bertz CT molecular complexity index is 914. The summed E-state index contributed by atoms with van der Waals surface area (Å²) < 4.78 is 7.29. The molecule has 6 nitrogen and oxygen atoms in total. The number of aromatic nitrogens is 1. The van der Waals surface area contributed by atoms with Gasteiger partial charge in [-0.3, -0.25) is 19.0 Å². The number of piperidine rings is 1. The lowest BCUT2D eigenvalue weighted by atomic mass is 9.72. The molecule has 1 aromatic heterocycles. The van der Waals surface area contributed by atoms with Gasteiger partial charge in [0, 0.05) is 41.2 Å². The van der Waals surface area contributed by atoms with Crippen LogP contribution in [0.4, 0.5) is 0 Å². The summed E-state index contributed by atoms with van der Waals surface area (Å²) in [5.41, 5.74) is 2.95. The molecule has 1 aliphatic carbocycles. The molecular weight excluding hydrogens is 428 g/mol. The molecule has 2 aliphatic rings. The van der Waals surface area contributed by atoms with Crippen molar-refractivity contribution in [3.63, 3.8) is 0 Å². The average molecular weight is 473 g/mol. The second-order valence-corrected chi connectivity index (χ2v) is 11.0. The Morgan fingerprint density at radius 1 is 1.15 bits per heavy atom. The molecule has 0 bridgehead atoms. The first-order valence-corrected chi connectivity index (χ1v) is 13.3. The number of fused-ring (bicyclic) bond motifs is 2. The Morgan fingerprint density at radius 2 is 1.88 bits per heavy atom. The fraction of sp³-hybridized carbons (Fsp3) is 0.750. The first-order chi connectivity index (χ1) is 16.1. The zero-order chi connectivity index (χ0) is 25.0. The number of carbonyl (C=O) groups is 3. The van der Waals surface area contributed by atoms with E-state index in [1.54, 1.807) is 0 Å². The van der Waals surface area contributed by atoms with Gasteiger partial charge in [-0.05, 0) is 64.1 Å². The highest BCUT2D eigenvalue weighted by molar-refractivity contribution is 6.04. The summed E-state index contributed by atoms with van der Waals surface area (Å²) in [6.45, 7) is 12.1. The van der Waals surface area contributed by atoms with Gasteiger partial charge in [0.2, 0.25) is 5.91 Å². The van der Waals surface area contributed by atoms with Crippen LogP contribution in [0.25, 0.3) is 0 Å². The summed E-state index contributed by atoms with van der Waals surface area (Å²) in [5, 5.41) is 0. The summed E-state index contributed by atoms with van der Waals surface area (Å²) in [4.78, 5) is 41.7. The lowest BCUT2D eigenvalue weighted by molar-refractivity contribution is -0.144. The average Bonchev–Trinajstić information content (AvgIpc) is 3.07. The van der Waals surface area contributed by atoms with Crippen LogP contribution in [-0.4, -0.2) is 53.9 Å². The van der Waals surface area contributed by atoms with Crippen molar-refractivity contribution < 1.29 is 19.1 Å². The Labute approximate surface area is 205 Å². The van der Waals surface area contributed by atoms with E-state index in [2.05, 4.69) is 25.8 Å². The molecule has 1 saturated heterocycles.